The van der Waals surface area contributed by atoms with Crippen LogP contribution in [0.3, 0.4) is 0 Å². The molecule has 0 aromatic heterocycles. The predicted octanol–water partition coefficient (Wildman–Crippen LogP) is 1.82. The lowest BCUT2D eigenvalue weighted by Crippen LogP contribution is -2.19. The molecule has 0 bridgehead atoms. The monoisotopic (exact) mass is 221 g/mol. The third kappa shape index (κ3) is 3.22. The van der Waals surface area contributed by atoms with Gasteiger partial charge in [0.05, 0.1) is 12.2 Å². The number of aliphatic hydroxyl groups is 1. The molecule has 1 aliphatic rings. The van der Waals surface area contributed by atoms with E-state index in [1.807, 2.05) is 43.3 Å². The molecule has 1 saturated carbocycles. The van der Waals surface area contributed by atoms with Crippen molar-refractivity contribution >= 4 is 0 Å². The van der Waals surface area contributed by atoms with Crippen molar-refractivity contribution in [1.82, 2.24) is 4.90 Å². The lowest BCUT2D eigenvalue weighted by molar-refractivity contribution is 0.138. The molecule has 0 amide bonds. The Morgan fingerprint density at radius 2 is 1.94 bits per heavy atom. The molecule has 0 radical (unpaired) electrons. The lowest BCUT2D eigenvalue weighted by atomic mass is 10.1. The molecule has 3 heteroatoms. The summed E-state index contributed by atoms with van der Waals surface area (Å²) in [5.41, 5.74) is 0.942. The van der Waals surface area contributed by atoms with Gasteiger partial charge in [0.25, 0.3) is 0 Å². The Bertz CT molecular complexity index is 330. The van der Waals surface area contributed by atoms with Crippen molar-refractivity contribution in [2.45, 2.75) is 25.0 Å². The summed E-state index contributed by atoms with van der Waals surface area (Å²) in [6.07, 6.45) is 2.35. The molecule has 2 rings (SSSR count). The highest BCUT2D eigenvalue weighted by atomic mass is 16.5. The van der Waals surface area contributed by atoms with E-state index in [1.54, 1.807) is 0 Å². The summed E-state index contributed by atoms with van der Waals surface area (Å²) in [6.45, 7) is 0.642. The average Bonchev–Trinajstić information content (AvgIpc) is 3.01. The number of benzene rings is 1. The number of hydrogen-bond acceptors (Lipinski definition) is 3. The fourth-order valence-electron chi connectivity index (χ4n) is 1.60. The SMILES string of the molecule is CN(C)CC(O)c1ccc(OC2CC2)cc1. The first-order valence-corrected chi connectivity index (χ1v) is 5.74. The van der Waals surface area contributed by atoms with Gasteiger partial charge in [-0.05, 0) is 44.6 Å². The van der Waals surface area contributed by atoms with E-state index < -0.39 is 6.10 Å². The minimum Gasteiger partial charge on any atom is -0.490 e. The Hall–Kier alpha value is -1.06. The Balaban J connectivity index is 1.94. The van der Waals surface area contributed by atoms with Gasteiger partial charge in [0.1, 0.15) is 5.75 Å². The molecule has 0 aliphatic heterocycles. The third-order valence-corrected chi connectivity index (χ3v) is 2.63. The minimum absolute atomic E-state index is 0.426. The van der Waals surface area contributed by atoms with Crippen LogP contribution >= 0.6 is 0 Å². The molecule has 1 aliphatic carbocycles. The second kappa shape index (κ2) is 4.85. The predicted molar refractivity (Wildman–Crippen MR) is 63.6 cm³/mol. The lowest BCUT2D eigenvalue weighted by Gasteiger charge is -2.16. The van der Waals surface area contributed by atoms with E-state index in [0.29, 0.717) is 12.6 Å². The zero-order valence-electron chi connectivity index (χ0n) is 9.89. The normalized spacial score (nSPS) is 17.5. The zero-order valence-corrected chi connectivity index (χ0v) is 9.89. The summed E-state index contributed by atoms with van der Waals surface area (Å²) in [5.74, 6) is 0.906. The Morgan fingerprint density at radius 3 is 2.44 bits per heavy atom. The molecule has 1 aromatic rings. The highest BCUT2D eigenvalue weighted by molar-refractivity contribution is 5.29. The van der Waals surface area contributed by atoms with Gasteiger partial charge in [0, 0.05) is 6.54 Å². The summed E-state index contributed by atoms with van der Waals surface area (Å²) in [5, 5.41) is 9.89. The average molecular weight is 221 g/mol. The van der Waals surface area contributed by atoms with Gasteiger partial charge in [0.15, 0.2) is 0 Å². The van der Waals surface area contributed by atoms with Crippen molar-refractivity contribution < 1.29 is 9.84 Å². The molecule has 1 atom stereocenters. The first kappa shape index (κ1) is 11.4. The molecular formula is C13H19NO2. The summed E-state index contributed by atoms with van der Waals surface area (Å²) < 4.78 is 5.65. The van der Waals surface area contributed by atoms with Crippen molar-refractivity contribution in [2.75, 3.05) is 20.6 Å². The molecule has 1 fully saturated rings. The molecule has 1 N–H and O–H groups in total. The largest absolute Gasteiger partial charge is 0.490 e. The van der Waals surface area contributed by atoms with Crippen LogP contribution in [0.15, 0.2) is 24.3 Å². The molecule has 1 unspecified atom stereocenters. The van der Waals surface area contributed by atoms with Crippen LogP contribution < -0.4 is 4.74 Å². The van der Waals surface area contributed by atoms with Crippen molar-refractivity contribution in [2.24, 2.45) is 0 Å². The van der Waals surface area contributed by atoms with Crippen LogP contribution in [-0.2, 0) is 0 Å². The van der Waals surface area contributed by atoms with Gasteiger partial charge < -0.3 is 14.7 Å². The maximum absolute atomic E-state index is 9.89. The molecule has 3 nitrogen and oxygen atoms in total. The third-order valence-electron chi connectivity index (χ3n) is 2.63. The number of hydrogen-bond donors (Lipinski definition) is 1. The van der Waals surface area contributed by atoms with Crippen LogP contribution in [0.2, 0.25) is 0 Å². The zero-order chi connectivity index (χ0) is 11.5. The van der Waals surface area contributed by atoms with Crippen LogP contribution in [0.5, 0.6) is 5.75 Å². The summed E-state index contributed by atoms with van der Waals surface area (Å²) in [4.78, 5) is 1.97. The first-order valence-electron chi connectivity index (χ1n) is 5.74. The highest BCUT2D eigenvalue weighted by Crippen LogP contribution is 2.27. The number of rotatable bonds is 5. The van der Waals surface area contributed by atoms with Gasteiger partial charge >= 0.3 is 0 Å². The second-order valence-electron chi connectivity index (χ2n) is 4.66. The Kier molecular flexibility index (Phi) is 3.46. The smallest absolute Gasteiger partial charge is 0.119 e. The first-order chi connectivity index (χ1) is 7.65. The molecule has 0 saturated heterocycles. The number of ether oxygens (including phenoxy) is 1. The minimum atomic E-state index is -0.426. The second-order valence-corrected chi connectivity index (χ2v) is 4.66. The van der Waals surface area contributed by atoms with Gasteiger partial charge in [-0.3, -0.25) is 0 Å². The van der Waals surface area contributed by atoms with Crippen LogP contribution in [-0.4, -0.2) is 36.8 Å². The van der Waals surface area contributed by atoms with Crippen molar-refractivity contribution in [3.63, 3.8) is 0 Å². The van der Waals surface area contributed by atoms with E-state index in [1.165, 1.54) is 12.8 Å². The number of likely N-dealkylation sites (N-methyl/N-ethyl adjacent to an activating group) is 1. The van der Waals surface area contributed by atoms with Crippen molar-refractivity contribution in [3.05, 3.63) is 29.8 Å². The number of nitrogens with zero attached hydrogens (tertiary/aromatic N) is 1. The van der Waals surface area contributed by atoms with Gasteiger partial charge in [-0.1, -0.05) is 12.1 Å². The molecule has 0 spiro atoms. The quantitative estimate of drug-likeness (QED) is 0.823. The fraction of sp³-hybridized carbons (Fsp3) is 0.538. The van der Waals surface area contributed by atoms with Crippen molar-refractivity contribution in [1.29, 1.82) is 0 Å². The molecular weight excluding hydrogens is 202 g/mol. The van der Waals surface area contributed by atoms with E-state index in [4.69, 9.17) is 4.74 Å². The molecule has 0 heterocycles. The van der Waals surface area contributed by atoms with Crippen LogP contribution in [0.1, 0.15) is 24.5 Å². The standard InChI is InChI=1S/C13H19NO2/c1-14(2)9-13(15)10-3-5-11(6-4-10)16-12-7-8-12/h3-6,12-13,15H,7-9H2,1-2H3. The van der Waals surface area contributed by atoms with Gasteiger partial charge in [0.2, 0.25) is 0 Å². The van der Waals surface area contributed by atoms with E-state index in [2.05, 4.69) is 0 Å². The summed E-state index contributed by atoms with van der Waals surface area (Å²) in [6, 6.07) is 7.75. The molecule has 1 aromatic carbocycles. The fourth-order valence-corrected chi connectivity index (χ4v) is 1.60. The summed E-state index contributed by atoms with van der Waals surface area (Å²) in [7, 11) is 3.90. The van der Waals surface area contributed by atoms with E-state index in [-0.39, 0.29) is 0 Å². The van der Waals surface area contributed by atoms with Crippen LogP contribution in [0.4, 0.5) is 0 Å². The molecule has 16 heavy (non-hydrogen) atoms. The maximum Gasteiger partial charge on any atom is 0.119 e. The van der Waals surface area contributed by atoms with Crippen LogP contribution in [0, 0.1) is 0 Å². The van der Waals surface area contributed by atoms with Gasteiger partial charge in [-0.25, -0.2) is 0 Å². The van der Waals surface area contributed by atoms with E-state index in [0.717, 1.165) is 11.3 Å². The molecule has 88 valence electrons. The Morgan fingerprint density at radius 1 is 1.31 bits per heavy atom. The van der Waals surface area contributed by atoms with E-state index in [9.17, 15) is 5.11 Å². The van der Waals surface area contributed by atoms with E-state index >= 15 is 0 Å². The summed E-state index contributed by atoms with van der Waals surface area (Å²) >= 11 is 0. The topological polar surface area (TPSA) is 32.7 Å². The van der Waals surface area contributed by atoms with Crippen molar-refractivity contribution in [3.8, 4) is 5.75 Å². The van der Waals surface area contributed by atoms with Gasteiger partial charge in [-0.15, -0.1) is 0 Å². The van der Waals surface area contributed by atoms with Crippen LogP contribution in [0.25, 0.3) is 0 Å². The number of aliphatic hydroxyl groups excluding tert-OH is 1. The highest BCUT2D eigenvalue weighted by Gasteiger charge is 2.23. The maximum atomic E-state index is 9.89. The van der Waals surface area contributed by atoms with Gasteiger partial charge in [-0.2, -0.15) is 0 Å². The Labute approximate surface area is 96.6 Å².